The third-order valence-electron chi connectivity index (χ3n) is 2.89. The van der Waals surface area contributed by atoms with E-state index in [0.29, 0.717) is 11.3 Å². The third kappa shape index (κ3) is 2.03. The first-order valence-electron chi connectivity index (χ1n) is 5.56. The Morgan fingerprint density at radius 2 is 1.88 bits per heavy atom. The lowest BCUT2D eigenvalue weighted by molar-refractivity contribution is 0.0725. The number of piperidine rings is 1. The van der Waals surface area contributed by atoms with Crippen LogP contribution in [0.25, 0.3) is 4.98 Å². The minimum atomic E-state index is -0.0342. The fourth-order valence-corrected chi connectivity index (χ4v) is 2.01. The van der Waals surface area contributed by atoms with Crippen molar-refractivity contribution < 1.29 is 4.79 Å². The van der Waals surface area contributed by atoms with Gasteiger partial charge in [-0.05, 0) is 25.3 Å². The van der Waals surface area contributed by atoms with Gasteiger partial charge in [-0.25, -0.2) is 0 Å². The second-order valence-corrected chi connectivity index (χ2v) is 3.97. The number of likely N-dealkylation sites (tertiary alicyclic amines) is 1. The number of rotatable bonds is 1. The number of diazo groups is 1. The molecule has 0 atom stereocenters. The van der Waals surface area contributed by atoms with E-state index in [1.807, 2.05) is 4.90 Å². The highest BCUT2D eigenvalue weighted by atomic mass is 16.2. The van der Waals surface area contributed by atoms with Crippen molar-refractivity contribution in [1.29, 1.82) is 5.39 Å². The molecule has 0 aromatic heterocycles. The summed E-state index contributed by atoms with van der Waals surface area (Å²) in [5.74, 6) is -0.0342. The zero-order chi connectivity index (χ0) is 11.4. The number of carbonyl (C=O) groups is 1. The maximum Gasteiger partial charge on any atom is 0.397 e. The molecule has 1 amide bonds. The molecule has 1 fully saturated rings. The van der Waals surface area contributed by atoms with Gasteiger partial charge in [-0.1, -0.05) is 12.1 Å². The summed E-state index contributed by atoms with van der Waals surface area (Å²) in [6.45, 7) is 1.61. The minimum absolute atomic E-state index is 0.0342. The number of carbonyl (C=O) groups excluding carboxylic acids is 1. The maximum absolute atomic E-state index is 12.1. The van der Waals surface area contributed by atoms with E-state index in [1.54, 1.807) is 24.3 Å². The molecule has 4 heteroatoms. The van der Waals surface area contributed by atoms with Crippen LogP contribution in [0.2, 0.25) is 0 Å². The third-order valence-corrected chi connectivity index (χ3v) is 2.89. The highest BCUT2D eigenvalue weighted by Crippen LogP contribution is 2.21. The Morgan fingerprint density at radius 1 is 1.19 bits per heavy atom. The Hall–Kier alpha value is -1.89. The first-order chi connectivity index (χ1) is 7.83. The fourth-order valence-electron chi connectivity index (χ4n) is 2.01. The van der Waals surface area contributed by atoms with Gasteiger partial charge in [0.15, 0.2) is 4.98 Å². The van der Waals surface area contributed by atoms with Crippen molar-refractivity contribution in [1.82, 2.24) is 4.90 Å². The summed E-state index contributed by atoms with van der Waals surface area (Å²) in [5.41, 5.74) is 0.824. The summed E-state index contributed by atoms with van der Waals surface area (Å²) >= 11 is 0. The van der Waals surface area contributed by atoms with Gasteiger partial charge in [0.05, 0.1) is 0 Å². The number of nitrogens with zero attached hydrogens (tertiary/aromatic N) is 3. The molecule has 1 aliphatic rings. The lowest BCUT2D eigenvalue weighted by Gasteiger charge is -2.26. The average Bonchev–Trinajstić information content (AvgIpc) is 2.39. The molecule has 0 aliphatic carbocycles. The summed E-state index contributed by atoms with van der Waals surface area (Å²) in [6, 6.07) is 6.87. The molecule has 0 spiro atoms. The second kappa shape index (κ2) is 4.75. The number of hydrogen-bond acceptors (Lipinski definition) is 2. The van der Waals surface area contributed by atoms with Crippen LogP contribution in [0.4, 0.5) is 5.69 Å². The van der Waals surface area contributed by atoms with Crippen LogP contribution in [0.5, 0.6) is 0 Å². The molecule has 82 valence electrons. The molecular weight excluding hydrogens is 202 g/mol. The number of hydrogen-bond donors (Lipinski definition) is 0. The molecule has 1 saturated heterocycles. The van der Waals surface area contributed by atoms with Crippen LogP contribution in [0.1, 0.15) is 29.6 Å². The standard InChI is InChI=1S/C12H14N3O/c13-14-11-7-3-2-6-10(11)12(16)15-8-4-1-5-9-15/h2-3,6-7H,1,4-5,8-9H2/q+1. The first-order valence-corrected chi connectivity index (χ1v) is 5.56. The Balaban J connectivity index is 2.23. The van der Waals surface area contributed by atoms with Crippen LogP contribution < -0.4 is 0 Å². The van der Waals surface area contributed by atoms with Gasteiger partial charge in [0, 0.05) is 19.2 Å². The van der Waals surface area contributed by atoms with Crippen LogP contribution >= 0.6 is 0 Å². The monoisotopic (exact) mass is 216 g/mol. The van der Waals surface area contributed by atoms with Gasteiger partial charge in [0.1, 0.15) is 5.56 Å². The van der Waals surface area contributed by atoms with Crippen LogP contribution in [0.15, 0.2) is 24.3 Å². The number of benzene rings is 1. The normalized spacial score (nSPS) is 15.6. The smallest absolute Gasteiger partial charge is 0.338 e. The number of amides is 1. The topological polar surface area (TPSA) is 48.5 Å². The van der Waals surface area contributed by atoms with E-state index in [2.05, 4.69) is 4.98 Å². The van der Waals surface area contributed by atoms with Crippen molar-refractivity contribution in [2.75, 3.05) is 13.1 Å². The van der Waals surface area contributed by atoms with Gasteiger partial charge in [-0.2, -0.15) is 0 Å². The van der Waals surface area contributed by atoms with E-state index in [0.717, 1.165) is 25.9 Å². The minimum Gasteiger partial charge on any atom is -0.338 e. The molecule has 0 N–H and O–H groups in total. The maximum atomic E-state index is 12.1. The first kappa shape index (κ1) is 10.6. The van der Waals surface area contributed by atoms with Crippen molar-refractivity contribution in [3.05, 3.63) is 34.8 Å². The summed E-state index contributed by atoms with van der Waals surface area (Å²) in [5, 5.41) is 8.82. The highest BCUT2D eigenvalue weighted by Gasteiger charge is 2.25. The van der Waals surface area contributed by atoms with Crippen molar-refractivity contribution in [2.24, 2.45) is 0 Å². The van der Waals surface area contributed by atoms with Crippen molar-refractivity contribution in [3.8, 4) is 0 Å². The molecule has 0 bridgehead atoms. The van der Waals surface area contributed by atoms with E-state index in [1.165, 1.54) is 6.42 Å². The van der Waals surface area contributed by atoms with E-state index in [-0.39, 0.29) is 5.91 Å². The second-order valence-electron chi connectivity index (χ2n) is 3.97. The van der Waals surface area contributed by atoms with E-state index < -0.39 is 0 Å². The SMILES string of the molecule is N#[N+]c1ccccc1C(=O)N1CCCCC1. The molecule has 4 nitrogen and oxygen atoms in total. The van der Waals surface area contributed by atoms with Crippen LogP contribution in [0, 0.1) is 5.39 Å². The van der Waals surface area contributed by atoms with Gasteiger partial charge in [-0.15, -0.1) is 0 Å². The molecular formula is C12H14N3O+. The largest absolute Gasteiger partial charge is 0.397 e. The lowest BCUT2D eigenvalue weighted by atomic mass is 10.1. The molecule has 0 saturated carbocycles. The van der Waals surface area contributed by atoms with Crippen LogP contribution in [0.3, 0.4) is 0 Å². The zero-order valence-electron chi connectivity index (χ0n) is 9.09. The van der Waals surface area contributed by atoms with Crippen molar-refractivity contribution in [2.45, 2.75) is 19.3 Å². The molecule has 1 aliphatic heterocycles. The van der Waals surface area contributed by atoms with Gasteiger partial charge in [0.2, 0.25) is 5.39 Å². The van der Waals surface area contributed by atoms with Crippen molar-refractivity contribution >= 4 is 11.6 Å². The molecule has 0 radical (unpaired) electrons. The molecule has 16 heavy (non-hydrogen) atoms. The van der Waals surface area contributed by atoms with E-state index in [9.17, 15) is 4.79 Å². The van der Waals surface area contributed by atoms with Gasteiger partial charge < -0.3 is 4.90 Å². The lowest BCUT2D eigenvalue weighted by Crippen LogP contribution is -2.35. The van der Waals surface area contributed by atoms with Gasteiger partial charge in [-0.3, -0.25) is 4.79 Å². The molecule has 0 unspecified atom stereocenters. The zero-order valence-corrected chi connectivity index (χ0v) is 9.09. The van der Waals surface area contributed by atoms with Gasteiger partial charge >= 0.3 is 5.69 Å². The molecule has 1 heterocycles. The summed E-state index contributed by atoms with van der Waals surface area (Å²) in [4.78, 5) is 17.1. The molecule has 1 aromatic rings. The molecule has 1 aromatic carbocycles. The Morgan fingerprint density at radius 3 is 2.56 bits per heavy atom. The predicted molar refractivity (Wildman–Crippen MR) is 60.9 cm³/mol. The fraction of sp³-hybridized carbons (Fsp3) is 0.417. The predicted octanol–water partition coefficient (Wildman–Crippen LogP) is 2.80. The average molecular weight is 216 g/mol. The molecule has 2 rings (SSSR count). The Kier molecular flexibility index (Phi) is 3.16. The van der Waals surface area contributed by atoms with Crippen LogP contribution in [-0.2, 0) is 0 Å². The Bertz CT molecular complexity index is 430. The highest BCUT2D eigenvalue weighted by molar-refractivity contribution is 5.99. The van der Waals surface area contributed by atoms with Crippen LogP contribution in [-0.4, -0.2) is 23.9 Å². The quantitative estimate of drug-likeness (QED) is 0.678. The summed E-state index contributed by atoms with van der Waals surface area (Å²) < 4.78 is 0. The van der Waals surface area contributed by atoms with E-state index in [4.69, 9.17) is 5.39 Å². The summed E-state index contributed by atoms with van der Waals surface area (Å²) in [6.07, 6.45) is 3.31. The van der Waals surface area contributed by atoms with Crippen molar-refractivity contribution in [3.63, 3.8) is 0 Å². The van der Waals surface area contributed by atoms with Gasteiger partial charge in [0.25, 0.3) is 5.91 Å². The Labute approximate surface area is 94.5 Å². The summed E-state index contributed by atoms with van der Waals surface area (Å²) in [7, 11) is 0. The van der Waals surface area contributed by atoms with E-state index >= 15 is 0 Å².